The number of benzene rings is 3. The fourth-order valence-electron chi connectivity index (χ4n) is 3.54. The number of imide groups is 1. The number of anilines is 2. The molecule has 3 aromatic rings. The average molecular weight is 462 g/mol. The number of halogens is 2. The van der Waals surface area contributed by atoms with Gasteiger partial charge in [-0.3, -0.25) is 9.59 Å². The van der Waals surface area contributed by atoms with Gasteiger partial charge >= 0.3 is 0 Å². The number of amides is 2. The zero-order valence-electron chi connectivity index (χ0n) is 19.1. The van der Waals surface area contributed by atoms with Crippen LogP contribution in [0.25, 0.3) is 5.57 Å². The third-order valence-electron chi connectivity index (χ3n) is 5.29. The van der Waals surface area contributed by atoms with Gasteiger partial charge < -0.3 is 10.1 Å². The number of nitrogens with one attached hydrogen (secondary N) is 1. The quantitative estimate of drug-likeness (QED) is 0.458. The fourth-order valence-corrected chi connectivity index (χ4v) is 3.54. The largest absolute Gasteiger partial charge is 0.493 e. The summed E-state index contributed by atoms with van der Waals surface area (Å²) in [4.78, 5) is 27.9. The van der Waals surface area contributed by atoms with Gasteiger partial charge in [-0.15, -0.1) is 0 Å². The van der Waals surface area contributed by atoms with Crippen LogP contribution in [0.15, 0.2) is 72.4 Å². The molecule has 0 radical (unpaired) electrons. The molecule has 4 rings (SSSR count). The van der Waals surface area contributed by atoms with Gasteiger partial charge in [-0.25, -0.2) is 13.7 Å². The summed E-state index contributed by atoms with van der Waals surface area (Å²) in [5, 5.41) is 2.83. The van der Waals surface area contributed by atoms with Crippen molar-refractivity contribution >= 4 is 28.8 Å². The van der Waals surface area contributed by atoms with Crippen molar-refractivity contribution in [2.45, 2.75) is 20.8 Å². The lowest BCUT2D eigenvalue weighted by Crippen LogP contribution is -2.32. The first kappa shape index (κ1) is 23.2. The molecule has 3 aromatic carbocycles. The van der Waals surface area contributed by atoms with E-state index in [-0.39, 0.29) is 17.0 Å². The van der Waals surface area contributed by atoms with Crippen LogP contribution >= 0.6 is 0 Å². The summed E-state index contributed by atoms with van der Waals surface area (Å²) >= 11 is 0. The number of rotatable bonds is 7. The summed E-state index contributed by atoms with van der Waals surface area (Å²) < 4.78 is 32.9. The van der Waals surface area contributed by atoms with Crippen LogP contribution in [0.1, 0.15) is 25.0 Å². The Morgan fingerprint density at radius 2 is 1.56 bits per heavy atom. The van der Waals surface area contributed by atoms with Crippen molar-refractivity contribution in [2.24, 2.45) is 5.92 Å². The van der Waals surface area contributed by atoms with Crippen LogP contribution in [0.5, 0.6) is 5.75 Å². The minimum absolute atomic E-state index is 0.0209. The van der Waals surface area contributed by atoms with E-state index >= 15 is 0 Å². The SMILES string of the molecule is Cc1ccc(N2C(=O)C(Nc3ccc(F)c(F)c3)=C(c3ccc(OCC(C)C)cc3)C2=O)cc1. The van der Waals surface area contributed by atoms with Gasteiger partial charge in [0.2, 0.25) is 0 Å². The lowest BCUT2D eigenvalue weighted by molar-refractivity contribution is -0.120. The molecular formula is C27H24F2N2O3. The minimum Gasteiger partial charge on any atom is -0.493 e. The maximum absolute atomic E-state index is 13.8. The third kappa shape index (κ3) is 4.69. The van der Waals surface area contributed by atoms with Gasteiger partial charge in [-0.1, -0.05) is 43.7 Å². The van der Waals surface area contributed by atoms with Crippen molar-refractivity contribution in [3.8, 4) is 5.75 Å². The van der Waals surface area contributed by atoms with E-state index in [0.717, 1.165) is 22.6 Å². The smallest absolute Gasteiger partial charge is 0.282 e. The van der Waals surface area contributed by atoms with Gasteiger partial charge in [0.15, 0.2) is 11.6 Å². The van der Waals surface area contributed by atoms with Crippen LogP contribution in [-0.4, -0.2) is 18.4 Å². The summed E-state index contributed by atoms with van der Waals surface area (Å²) in [5.41, 5.74) is 2.15. The highest BCUT2D eigenvalue weighted by Crippen LogP contribution is 2.34. The molecule has 0 saturated carbocycles. The summed E-state index contributed by atoms with van der Waals surface area (Å²) in [6.45, 7) is 6.53. The number of hydrogen-bond acceptors (Lipinski definition) is 4. The van der Waals surface area contributed by atoms with Crippen LogP contribution in [-0.2, 0) is 9.59 Å². The van der Waals surface area contributed by atoms with Crippen molar-refractivity contribution in [3.05, 3.63) is 95.2 Å². The zero-order chi connectivity index (χ0) is 24.4. The standard InChI is InChI=1S/C27H24F2N2O3/c1-16(2)15-34-21-11-6-18(7-12-21)24-25(30-19-8-13-22(28)23(29)14-19)27(33)31(26(24)32)20-9-4-17(3)5-10-20/h4-14,16,30H,15H2,1-3H3. The Morgan fingerprint density at radius 3 is 2.18 bits per heavy atom. The average Bonchev–Trinajstić information content (AvgIpc) is 3.05. The highest BCUT2D eigenvalue weighted by atomic mass is 19.2. The summed E-state index contributed by atoms with van der Waals surface area (Å²) in [6, 6.07) is 17.0. The van der Waals surface area contributed by atoms with Gasteiger partial charge in [0, 0.05) is 11.8 Å². The highest BCUT2D eigenvalue weighted by molar-refractivity contribution is 6.46. The molecule has 7 heteroatoms. The monoisotopic (exact) mass is 462 g/mol. The Bertz CT molecular complexity index is 1270. The Labute approximate surface area is 196 Å². The second kappa shape index (κ2) is 9.47. The molecule has 0 unspecified atom stereocenters. The van der Waals surface area contributed by atoms with Gasteiger partial charge in [-0.05, 0) is 54.8 Å². The van der Waals surface area contributed by atoms with Crippen molar-refractivity contribution in [1.82, 2.24) is 0 Å². The van der Waals surface area contributed by atoms with E-state index in [4.69, 9.17) is 4.74 Å². The number of nitrogens with zero attached hydrogens (tertiary/aromatic N) is 1. The lowest BCUT2D eigenvalue weighted by atomic mass is 10.0. The molecule has 0 aromatic heterocycles. The van der Waals surface area contributed by atoms with E-state index < -0.39 is 23.4 Å². The zero-order valence-corrected chi connectivity index (χ0v) is 19.1. The second-order valence-electron chi connectivity index (χ2n) is 8.51. The fraction of sp³-hybridized carbons (Fsp3) is 0.185. The van der Waals surface area contributed by atoms with Crippen molar-refractivity contribution in [2.75, 3.05) is 16.8 Å². The molecule has 34 heavy (non-hydrogen) atoms. The van der Waals surface area contributed by atoms with Crippen LogP contribution < -0.4 is 15.0 Å². The molecule has 2 amide bonds. The predicted molar refractivity (Wildman–Crippen MR) is 127 cm³/mol. The second-order valence-corrected chi connectivity index (χ2v) is 8.51. The number of carbonyl (C=O) groups is 2. The molecule has 0 bridgehead atoms. The van der Waals surface area contributed by atoms with Gasteiger partial charge in [-0.2, -0.15) is 0 Å². The summed E-state index contributed by atoms with van der Waals surface area (Å²) in [7, 11) is 0. The van der Waals surface area contributed by atoms with E-state index in [1.165, 1.54) is 6.07 Å². The van der Waals surface area contributed by atoms with Crippen LogP contribution in [0.2, 0.25) is 0 Å². The Hall–Kier alpha value is -4.00. The first-order valence-corrected chi connectivity index (χ1v) is 10.9. The van der Waals surface area contributed by atoms with Crippen LogP contribution in [0.3, 0.4) is 0 Å². The number of ether oxygens (including phenoxy) is 1. The van der Waals surface area contributed by atoms with Crippen molar-refractivity contribution in [1.29, 1.82) is 0 Å². The molecule has 174 valence electrons. The minimum atomic E-state index is -1.06. The molecule has 1 aliphatic rings. The highest BCUT2D eigenvalue weighted by Gasteiger charge is 2.40. The summed E-state index contributed by atoms with van der Waals surface area (Å²) in [6.07, 6.45) is 0. The third-order valence-corrected chi connectivity index (χ3v) is 5.29. The summed E-state index contributed by atoms with van der Waals surface area (Å²) in [5.74, 6) is -2.19. The topological polar surface area (TPSA) is 58.6 Å². The molecule has 1 aliphatic heterocycles. The number of carbonyl (C=O) groups excluding carboxylic acids is 2. The van der Waals surface area contributed by atoms with E-state index in [2.05, 4.69) is 5.32 Å². The predicted octanol–water partition coefficient (Wildman–Crippen LogP) is 5.70. The van der Waals surface area contributed by atoms with Gasteiger partial charge in [0.1, 0.15) is 11.4 Å². The van der Waals surface area contributed by atoms with Gasteiger partial charge in [0.05, 0.1) is 17.9 Å². The molecule has 0 atom stereocenters. The van der Waals surface area contributed by atoms with Gasteiger partial charge in [0.25, 0.3) is 11.8 Å². The molecule has 1 heterocycles. The van der Waals surface area contributed by atoms with E-state index in [0.29, 0.717) is 29.5 Å². The van der Waals surface area contributed by atoms with Crippen molar-refractivity contribution < 1.29 is 23.1 Å². The molecule has 0 aliphatic carbocycles. The number of hydrogen-bond donors (Lipinski definition) is 1. The maximum atomic E-state index is 13.8. The molecule has 0 fully saturated rings. The first-order chi connectivity index (χ1) is 16.2. The first-order valence-electron chi connectivity index (χ1n) is 10.9. The molecular weight excluding hydrogens is 438 g/mol. The molecule has 0 spiro atoms. The van der Waals surface area contributed by atoms with E-state index in [1.807, 2.05) is 20.8 Å². The van der Waals surface area contributed by atoms with E-state index in [1.54, 1.807) is 48.5 Å². The Morgan fingerprint density at radius 1 is 0.882 bits per heavy atom. The van der Waals surface area contributed by atoms with Crippen LogP contribution in [0.4, 0.5) is 20.2 Å². The lowest BCUT2D eigenvalue weighted by Gasteiger charge is -2.15. The Balaban J connectivity index is 1.74. The number of aryl methyl sites for hydroxylation is 1. The maximum Gasteiger partial charge on any atom is 0.282 e. The molecule has 1 N–H and O–H groups in total. The van der Waals surface area contributed by atoms with Crippen LogP contribution in [0, 0.1) is 24.5 Å². The molecule has 5 nitrogen and oxygen atoms in total. The van der Waals surface area contributed by atoms with E-state index in [9.17, 15) is 18.4 Å². The normalized spacial score (nSPS) is 13.8. The Kier molecular flexibility index (Phi) is 6.45. The molecule has 0 saturated heterocycles. The van der Waals surface area contributed by atoms with Crippen molar-refractivity contribution in [3.63, 3.8) is 0 Å².